The van der Waals surface area contributed by atoms with Crippen molar-refractivity contribution in [3.8, 4) is 11.5 Å². The van der Waals surface area contributed by atoms with E-state index in [1.165, 1.54) is 12.0 Å². The van der Waals surface area contributed by atoms with Crippen LogP contribution in [-0.4, -0.2) is 122 Å². The van der Waals surface area contributed by atoms with Crippen LogP contribution in [0.4, 0.5) is 4.79 Å². The van der Waals surface area contributed by atoms with Crippen molar-refractivity contribution in [3.05, 3.63) is 41.1 Å². The van der Waals surface area contributed by atoms with Gasteiger partial charge < -0.3 is 29.7 Å². The SMILES string of the molecule is COc1ccc2c(OCCC3NC(=O)N(C)CCCC/C=C\C4CC4(C(=O)NS(=O)(=O)N4CCOCC4)NC3=O)cc(C3=NC(C(C)C)CS3)nc2c1Cl. The van der Waals surface area contributed by atoms with Crippen LogP contribution in [-0.2, 0) is 24.5 Å². The van der Waals surface area contributed by atoms with Gasteiger partial charge in [-0.25, -0.2) is 14.5 Å². The zero-order valence-electron chi connectivity index (χ0n) is 30.9. The molecule has 1 aromatic heterocycles. The molecule has 3 N–H and O–H groups in total. The third-order valence-corrected chi connectivity index (χ3v) is 13.1. The summed E-state index contributed by atoms with van der Waals surface area (Å²) in [4.78, 5) is 52.5. The maximum absolute atomic E-state index is 14.1. The normalized spacial score (nSPS) is 26.3. The Hall–Kier alpha value is -3.64. The topological polar surface area (TPSA) is 181 Å². The first-order chi connectivity index (χ1) is 25.8. The number of aromatic nitrogens is 1. The van der Waals surface area contributed by atoms with Crippen LogP contribution in [0.25, 0.3) is 10.9 Å². The van der Waals surface area contributed by atoms with Crippen molar-refractivity contribution in [2.45, 2.75) is 63.6 Å². The van der Waals surface area contributed by atoms with Crippen LogP contribution in [0.3, 0.4) is 0 Å². The highest BCUT2D eigenvalue weighted by Crippen LogP contribution is 2.45. The first-order valence-corrected chi connectivity index (χ1v) is 21.0. The first-order valence-electron chi connectivity index (χ1n) is 18.2. The molecule has 4 aliphatic rings. The van der Waals surface area contributed by atoms with Gasteiger partial charge in [-0.15, -0.1) is 11.8 Å². The molecule has 1 saturated carbocycles. The van der Waals surface area contributed by atoms with E-state index in [1.807, 2.05) is 12.2 Å². The van der Waals surface area contributed by atoms with Gasteiger partial charge in [-0.3, -0.25) is 14.6 Å². The number of carbonyl (C=O) groups is 3. The van der Waals surface area contributed by atoms with E-state index in [0.717, 1.165) is 27.9 Å². The molecule has 0 radical (unpaired) electrons. The number of halogens is 1. The summed E-state index contributed by atoms with van der Waals surface area (Å²) in [5.74, 6) is 0.181. The van der Waals surface area contributed by atoms with Gasteiger partial charge >= 0.3 is 16.2 Å². The number of morpholine rings is 1. The number of methoxy groups -OCH3 is 1. The number of nitrogens with one attached hydrogen (secondary N) is 3. The second-order valence-corrected chi connectivity index (χ2v) is 17.3. The molecule has 2 fully saturated rings. The number of benzene rings is 1. The Bertz CT molecular complexity index is 1920. The van der Waals surface area contributed by atoms with E-state index in [4.69, 9.17) is 35.8 Å². The first kappa shape index (κ1) is 40.0. The number of hydrogen-bond acceptors (Lipinski definition) is 11. The van der Waals surface area contributed by atoms with Crippen LogP contribution in [0.2, 0.25) is 5.02 Å². The van der Waals surface area contributed by atoms with E-state index in [-0.39, 0.29) is 51.8 Å². The molecule has 54 heavy (non-hydrogen) atoms. The zero-order chi connectivity index (χ0) is 38.6. The number of ether oxygens (including phenoxy) is 3. The fraction of sp³-hybridized carbons (Fsp3) is 0.583. The summed E-state index contributed by atoms with van der Waals surface area (Å²) < 4.78 is 46.7. The molecular weight excluding hydrogens is 758 g/mol. The standard InChI is InChI=1S/C36H48ClN7O8S2/c1-22(2)27-21-53-33(39-27)26-19-29(24-10-11-28(50-4)30(37)31(24)38-26)52-16-12-25-32(45)41-36(34(46)42-54(48,49)44-14-17-51-18-15-44)20-23(36)9-7-5-6-8-13-43(3)35(47)40-25/h7,9-11,19,22-23,25,27H,5-6,8,12-18,20-21H2,1-4H3,(H,40,47)(H,41,45)(H,42,46)/b9-7-. The molecular formula is C36H48ClN7O8S2. The Morgan fingerprint density at radius 1 is 1.19 bits per heavy atom. The second-order valence-electron chi connectivity index (χ2n) is 14.2. The van der Waals surface area contributed by atoms with Crippen molar-refractivity contribution in [3.63, 3.8) is 0 Å². The number of hydrogen-bond donors (Lipinski definition) is 3. The maximum atomic E-state index is 14.1. The average Bonchev–Trinajstić information content (AvgIpc) is 3.60. The summed E-state index contributed by atoms with van der Waals surface area (Å²) in [5, 5.41) is 7.36. The zero-order valence-corrected chi connectivity index (χ0v) is 33.3. The van der Waals surface area contributed by atoms with E-state index in [1.54, 1.807) is 37.0 Å². The molecule has 15 nitrogen and oxygen atoms in total. The summed E-state index contributed by atoms with van der Waals surface area (Å²) in [5.41, 5.74) is -0.454. The lowest BCUT2D eigenvalue weighted by atomic mass is 10.1. The van der Waals surface area contributed by atoms with Gasteiger partial charge in [0.05, 0.1) is 44.2 Å². The van der Waals surface area contributed by atoms with Gasteiger partial charge in [0.2, 0.25) is 5.91 Å². The molecule has 0 bridgehead atoms. The van der Waals surface area contributed by atoms with E-state index >= 15 is 0 Å². The Balaban J connectivity index is 1.25. The van der Waals surface area contributed by atoms with Crippen molar-refractivity contribution in [2.24, 2.45) is 16.8 Å². The molecule has 4 amide bonds. The van der Waals surface area contributed by atoms with Gasteiger partial charge in [0.25, 0.3) is 5.91 Å². The number of rotatable bonds is 10. The smallest absolute Gasteiger partial charge is 0.317 e. The van der Waals surface area contributed by atoms with Crippen LogP contribution < -0.4 is 24.8 Å². The summed E-state index contributed by atoms with van der Waals surface area (Å²) in [7, 11) is -1.01. The van der Waals surface area contributed by atoms with Crippen molar-refractivity contribution in [2.75, 3.05) is 59.4 Å². The molecule has 4 heterocycles. The number of aliphatic imine (C=N–C) groups is 1. The number of carbonyl (C=O) groups excluding carboxylic acids is 3. The van der Waals surface area contributed by atoms with Crippen LogP contribution >= 0.6 is 23.4 Å². The predicted molar refractivity (Wildman–Crippen MR) is 207 cm³/mol. The highest BCUT2D eigenvalue weighted by molar-refractivity contribution is 8.14. The van der Waals surface area contributed by atoms with Gasteiger partial charge in [0.15, 0.2) is 0 Å². The molecule has 6 rings (SSSR count). The van der Waals surface area contributed by atoms with Crippen LogP contribution in [0, 0.1) is 11.8 Å². The minimum atomic E-state index is -4.19. The summed E-state index contributed by atoms with van der Waals surface area (Å²) in [6, 6.07) is 3.87. The third kappa shape index (κ3) is 8.91. The quantitative estimate of drug-likeness (QED) is 0.301. The number of fused-ring (bicyclic) bond motifs is 2. The van der Waals surface area contributed by atoms with Gasteiger partial charge in [0.1, 0.15) is 33.1 Å². The Morgan fingerprint density at radius 3 is 2.69 bits per heavy atom. The summed E-state index contributed by atoms with van der Waals surface area (Å²) in [6.45, 7) is 5.35. The number of nitrogens with zero attached hydrogens (tertiary/aromatic N) is 4. The molecule has 4 unspecified atom stereocenters. The number of amides is 4. The van der Waals surface area contributed by atoms with Crippen LogP contribution in [0.15, 0.2) is 35.3 Å². The monoisotopic (exact) mass is 805 g/mol. The summed E-state index contributed by atoms with van der Waals surface area (Å²) >= 11 is 8.36. The molecule has 3 aliphatic heterocycles. The number of pyridine rings is 1. The van der Waals surface area contributed by atoms with E-state index in [2.05, 4.69) is 29.2 Å². The van der Waals surface area contributed by atoms with Gasteiger partial charge in [-0.05, 0) is 43.7 Å². The van der Waals surface area contributed by atoms with Gasteiger partial charge in [0, 0.05) is 56.2 Å². The molecule has 18 heteroatoms. The molecule has 294 valence electrons. The minimum Gasteiger partial charge on any atom is -0.495 e. The minimum absolute atomic E-state index is 0.0177. The lowest BCUT2D eigenvalue weighted by Crippen LogP contribution is -2.59. The fourth-order valence-corrected chi connectivity index (χ4v) is 9.31. The maximum Gasteiger partial charge on any atom is 0.317 e. The Kier molecular flexibility index (Phi) is 12.6. The molecule has 2 aromatic rings. The van der Waals surface area contributed by atoms with Gasteiger partial charge in [-0.1, -0.05) is 37.6 Å². The lowest BCUT2D eigenvalue weighted by Gasteiger charge is -2.28. The molecule has 1 aliphatic carbocycles. The van der Waals surface area contributed by atoms with E-state index in [9.17, 15) is 22.8 Å². The number of allylic oxidation sites excluding steroid dienone is 1. The predicted octanol–water partition coefficient (Wildman–Crippen LogP) is 3.50. The number of urea groups is 1. The second kappa shape index (κ2) is 17.0. The highest BCUT2D eigenvalue weighted by atomic mass is 35.5. The lowest BCUT2D eigenvalue weighted by molar-refractivity contribution is -0.130. The highest BCUT2D eigenvalue weighted by Gasteiger charge is 2.61. The largest absolute Gasteiger partial charge is 0.495 e. The van der Waals surface area contributed by atoms with E-state index in [0.29, 0.717) is 52.0 Å². The van der Waals surface area contributed by atoms with Crippen molar-refractivity contribution in [1.29, 1.82) is 0 Å². The molecule has 0 spiro atoms. The molecule has 1 aromatic carbocycles. The van der Waals surface area contributed by atoms with Crippen molar-refractivity contribution < 1.29 is 37.0 Å². The fourth-order valence-electron chi connectivity index (χ4n) is 6.60. The average molecular weight is 806 g/mol. The molecule has 1 saturated heterocycles. The van der Waals surface area contributed by atoms with Crippen LogP contribution in [0.1, 0.15) is 51.6 Å². The molecule has 4 atom stereocenters. The van der Waals surface area contributed by atoms with E-state index < -0.39 is 45.6 Å². The third-order valence-electron chi connectivity index (χ3n) is 10.1. The Labute approximate surface area is 325 Å². The van der Waals surface area contributed by atoms with Crippen molar-refractivity contribution in [1.82, 2.24) is 29.5 Å². The van der Waals surface area contributed by atoms with Gasteiger partial charge in [-0.2, -0.15) is 12.7 Å². The summed E-state index contributed by atoms with van der Waals surface area (Å²) in [6.07, 6.45) is 6.25. The van der Waals surface area contributed by atoms with Crippen LogP contribution in [0.5, 0.6) is 11.5 Å². The van der Waals surface area contributed by atoms with Crippen molar-refractivity contribution >= 4 is 67.4 Å². The number of thioether (sulfide) groups is 1. The Morgan fingerprint density at radius 2 is 1.96 bits per heavy atom.